The quantitative estimate of drug-likeness (QED) is 0.266. The van der Waals surface area contributed by atoms with E-state index in [2.05, 4.69) is 59.1 Å². The fraction of sp³-hybridized carbons (Fsp3) is 0.391. The van der Waals surface area contributed by atoms with Crippen molar-refractivity contribution in [3.63, 3.8) is 0 Å². The lowest BCUT2D eigenvalue weighted by molar-refractivity contribution is -0.119. The van der Waals surface area contributed by atoms with Gasteiger partial charge in [-0.1, -0.05) is 48.9 Å². The van der Waals surface area contributed by atoms with Gasteiger partial charge >= 0.3 is 0 Å². The van der Waals surface area contributed by atoms with Gasteiger partial charge in [0.2, 0.25) is 5.91 Å². The normalized spacial score (nSPS) is 11.8. The summed E-state index contributed by atoms with van der Waals surface area (Å²) in [4.78, 5) is 16.5. The van der Waals surface area contributed by atoms with E-state index in [1.807, 2.05) is 31.2 Å². The number of aryl methyl sites for hydroxylation is 1. The van der Waals surface area contributed by atoms with Crippen LogP contribution in [0, 0.1) is 6.92 Å². The minimum Gasteiger partial charge on any atom is -0.497 e. The van der Waals surface area contributed by atoms with Gasteiger partial charge in [0.25, 0.3) is 0 Å². The van der Waals surface area contributed by atoms with Crippen molar-refractivity contribution >= 4 is 35.8 Å². The molecule has 2 rings (SSSR count). The van der Waals surface area contributed by atoms with Crippen molar-refractivity contribution in [1.82, 2.24) is 16.0 Å². The highest BCUT2D eigenvalue weighted by atomic mass is 127. The standard InChI is InChI=1S/C23H32N4O2.HI/c1-5-24-23(26-14-18(3)20-10-6-17(2)7-11-20)27-16-22(28)25-15-19-8-12-21(29-4)13-9-19;/h6-13,18H,5,14-16H2,1-4H3,(H,25,28)(H2,24,26,27);1H. The highest BCUT2D eigenvalue weighted by Crippen LogP contribution is 2.14. The van der Waals surface area contributed by atoms with E-state index < -0.39 is 0 Å². The molecule has 3 N–H and O–H groups in total. The van der Waals surface area contributed by atoms with Crippen molar-refractivity contribution in [3.05, 3.63) is 65.2 Å². The van der Waals surface area contributed by atoms with E-state index in [9.17, 15) is 4.79 Å². The molecule has 1 unspecified atom stereocenters. The third kappa shape index (κ3) is 9.02. The van der Waals surface area contributed by atoms with E-state index in [4.69, 9.17) is 4.74 Å². The number of benzene rings is 2. The van der Waals surface area contributed by atoms with Gasteiger partial charge in [-0.25, -0.2) is 4.99 Å². The summed E-state index contributed by atoms with van der Waals surface area (Å²) in [6.07, 6.45) is 0. The number of rotatable bonds is 9. The van der Waals surface area contributed by atoms with Gasteiger partial charge in [-0.15, -0.1) is 24.0 Å². The molecule has 0 spiro atoms. The Labute approximate surface area is 196 Å². The summed E-state index contributed by atoms with van der Waals surface area (Å²) in [5, 5.41) is 9.39. The van der Waals surface area contributed by atoms with Gasteiger partial charge in [-0.05, 0) is 43.0 Å². The third-order valence-corrected chi connectivity index (χ3v) is 4.60. The first-order chi connectivity index (χ1) is 14.0. The molecule has 6 nitrogen and oxygen atoms in total. The molecule has 0 aliphatic carbocycles. The third-order valence-electron chi connectivity index (χ3n) is 4.60. The van der Waals surface area contributed by atoms with E-state index >= 15 is 0 Å². The van der Waals surface area contributed by atoms with Crippen LogP contribution < -0.4 is 20.7 Å². The first kappa shape index (κ1) is 25.7. The fourth-order valence-corrected chi connectivity index (χ4v) is 2.76. The predicted molar refractivity (Wildman–Crippen MR) is 134 cm³/mol. The number of nitrogens with zero attached hydrogens (tertiary/aromatic N) is 1. The van der Waals surface area contributed by atoms with Crippen molar-refractivity contribution in [3.8, 4) is 5.75 Å². The van der Waals surface area contributed by atoms with Gasteiger partial charge in [0, 0.05) is 19.6 Å². The number of amides is 1. The molecule has 0 bridgehead atoms. The van der Waals surface area contributed by atoms with Gasteiger partial charge in [0.05, 0.1) is 7.11 Å². The molecule has 1 atom stereocenters. The first-order valence-electron chi connectivity index (χ1n) is 10.00. The van der Waals surface area contributed by atoms with Crippen molar-refractivity contribution in [2.75, 3.05) is 26.7 Å². The molecular weight excluding hydrogens is 491 g/mol. The number of carbonyl (C=O) groups is 1. The molecule has 0 fully saturated rings. The first-order valence-corrected chi connectivity index (χ1v) is 10.00. The fourth-order valence-electron chi connectivity index (χ4n) is 2.76. The lowest BCUT2D eigenvalue weighted by Gasteiger charge is -2.16. The second kappa shape index (κ2) is 13.8. The van der Waals surface area contributed by atoms with Gasteiger partial charge in [0.1, 0.15) is 12.3 Å². The van der Waals surface area contributed by atoms with Crippen molar-refractivity contribution in [1.29, 1.82) is 0 Å². The van der Waals surface area contributed by atoms with Crippen LogP contribution in [0.5, 0.6) is 5.75 Å². The van der Waals surface area contributed by atoms with Crippen LogP contribution in [0.4, 0.5) is 0 Å². The van der Waals surface area contributed by atoms with Gasteiger partial charge in [-0.2, -0.15) is 0 Å². The monoisotopic (exact) mass is 524 g/mol. The molecule has 0 radical (unpaired) electrons. The molecule has 0 aliphatic rings. The summed E-state index contributed by atoms with van der Waals surface area (Å²) in [6, 6.07) is 16.2. The van der Waals surface area contributed by atoms with E-state index in [1.54, 1.807) is 7.11 Å². The topological polar surface area (TPSA) is 74.8 Å². The molecule has 164 valence electrons. The maximum Gasteiger partial charge on any atom is 0.242 e. The molecule has 2 aromatic carbocycles. The number of nitrogens with one attached hydrogen (secondary N) is 3. The molecular formula is C23H33IN4O2. The molecule has 30 heavy (non-hydrogen) atoms. The zero-order valence-electron chi connectivity index (χ0n) is 18.2. The summed E-state index contributed by atoms with van der Waals surface area (Å²) in [7, 11) is 1.63. The van der Waals surface area contributed by atoms with Crippen LogP contribution in [0.1, 0.15) is 36.5 Å². The zero-order valence-corrected chi connectivity index (χ0v) is 20.5. The van der Waals surface area contributed by atoms with Crippen LogP contribution >= 0.6 is 24.0 Å². The number of methoxy groups -OCH3 is 1. The number of hydrogen-bond donors (Lipinski definition) is 3. The average Bonchev–Trinajstić information content (AvgIpc) is 2.74. The molecule has 0 saturated carbocycles. The second-order valence-corrected chi connectivity index (χ2v) is 7.01. The average molecular weight is 524 g/mol. The number of guanidine groups is 1. The number of hydrogen-bond acceptors (Lipinski definition) is 3. The van der Waals surface area contributed by atoms with Gasteiger partial charge in [-0.3, -0.25) is 4.79 Å². The van der Waals surface area contributed by atoms with Crippen molar-refractivity contribution < 1.29 is 9.53 Å². The second-order valence-electron chi connectivity index (χ2n) is 7.01. The van der Waals surface area contributed by atoms with Crippen molar-refractivity contribution in [2.24, 2.45) is 4.99 Å². The Morgan fingerprint density at radius 1 is 1.03 bits per heavy atom. The van der Waals surface area contributed by atoms with Crippen LogP contribution in [0.25, 0.3) is 0 Å². The molecule has 0 aliphatic heterocycles. The molecule has 7 heteroatoms. The summed E-state index contributed by atoms with van der Waals surface area (Å²) in [5.74, 6) is 1.66. The Morgan fingerprint density at radius 3 is 2.30 bits per heavy atom. The Kier molecular flexibility index (Phi) is 11.9. The van der Waals surface area contributed by atoms with E-state index in [-0.39, 0.29) is 36.4 Å². The number of ether oxygens (including phenoxy) is 1. The SMILES string of the molecule is CCNC(=NCC(=O)NCc1ccc(OC)cc1)NCC(C)c1ccc(C)cc1.I. The lowest BCUT2D eigenvalue weighted by atomic mass is 10.0. The molecule has 2 aromatic rings. The highest BCUT2D eigenvalue weighted by molar-refractivity contribution is 14.0. The van der Waals surface area contributed by atoms with Crippen molar-refractivity contribution in [2.45, 2.75) is 33.2 Å². The van der Waals surface area contributed by atoms with Gasteiger partial charge < -0.3 is 20.7 Å². The maximum atomic E-state index is 12.1. The molecule has 0 heterocycles. The number of halogens is 1. The van der Waals surface area contributed by atoms with Crippen LogP contribution in [0.2, 0.25) is 0 Å². The number of aliphatic imine (C=N–C) groups is 1. The molecule has 0 saturated heterocycles. The largest absolute Gasteiger partial charge is 0.497 e. The minimum atomic E-state index is -0.121. The van der Waals surface area contributed by atoms with Crippen LogP contribution in [0.3, 0.4) is 0 Å². The van der Waals surface area contributed by atoms with Crippen LogP contribution in [-0.4, -0.2) is 38.6 Å². The van der Waals surface area contributed by atoms with E-state index in [0.717, 1.165) is 24.4 Å². The lowest BCUT2D eigenvalue weighted by Crippen LogP contribution is -2.40. The summed E-state index contributed by atoms with van der Waals surface area (Å²) >= 11 is 0. The maximum absolute atomic E-state index is 12.1. The Bertz CT molecular complexity index is 792. The Balaban J connectivity index is 0.00000450. The number of carbonyl (C=O) groups excluding carboxylic acids is 1. The highest BCUT2D eigenvalue weighted by Gasteiger charge is 2.07. The van der Waals surface area contributed by atoms with E-state index in [1.165, 1.54) is 11.1 Å². The zero-order chi connectivity index (χ0) is 21.1. The van der Waals surface area contributed by atoms with E-state index in [0.29, 0.717) is 18.4 Å². The molecule has 1 amide bonds. The molecule has 0 aromatic heterocycles. The smallest absolute Gasteiger partial charge is 0.242 e. The van der Waals surface area contributed by atoms with Crippen LogP contribution in [-0.2, 0) is 11.3 Å². The Morgan fingerprint density at radius 2 is 1.70 bits per heavy atom. The van der Waals surface area contributed by atoms with Crippen LogP contribution in [0.15, 0.2) is 53.5 Å². The summed E-state index contributed by atoms with van der Waals surface area (Å²) < 4.78 is 5.14. The summed E-state index contributed by atoms with van der Waals surface area (Å²) in [6.45, 7) is 8.27. The summed E-state index contributed by atoms with van der Waals surface area (Å²) in [5.41, 5.74) is 3.54. The Hall–Kier alpha value is -2.29. The minimum absolute atomic E-state index is 0. The van der Waals surface area contributed by atoms with Gasteiger partial charge in [0.15, 0.2) is 5.96 Å². The predicted octanol–water partition coefficient (Wildman–Crippen LogP) is 3.60.